The van der Waals surface area contributed by atoms with E-state index in [1.807, 2.05) is 12.1 Å². The lowest BCUT2D eigenvalue weighted by atomic mass is 9.83. The van der Waals surface area contributed by atoms with Gasteiger partial charge in [-0.2, -0.15) is 0 Å². The number of hydrogen-bond acceptors (Lipinski definition) is 3. The second kappa shape index (κ2) is 5.47. The Balaban J connectivity index is 1.51. The average molecular weight is 353 g/mol. The van der Waals surface area contributed by atoms with Crippen LogP contribution in [-0.4, -0.2) is 18.3 Å². The highest BCUT2D eigenvalue weighted by molar-refractivity contribution is 9.10. The normalized spacial score (nSPS) is 31.4. The Morgan fingerprint density at radius 2 is 2.05 bits per heavy atom. The SMILES string of the molecule is OC(CC1CC2CCC1C2)c1cc(Br)c2c(c1)OCCO2. The molecule has 4 unspecified atom stereocenters. The maximum absolute atomic E-state index is 10.6. The van der Waals surface area contributed by atoms with Gasteiger partial charge in [0.25, 0.3) is 0 Å². The van der Waals surface area contributed by atoms with E-state index >= 15 is 0 Å². The highest BCUT2D eigenvalue weighted by Crippen LogP contribution is 2.51. The first-order valence-corrected chi connectivity index (χ1v) is 8.77. The van der Waals surface area contributed by atoms with Crippen LogP contribution in [0.5, 0.6) is 11.5 Å². The van der Waals surface area contributed by atoms with Gasteiger partial charge in [-0.05, 0) is 77.1 Å². The number of hydrogen-bond donors (Lipinski definition) is 1. The molecule has 21 heavy (non-hydrogen) atoms. The van der Waals surface area contributed by atoms with Crippen LogP contribution in [-0.2, 0) is 0 Å². The molecule has 2 aliphatic carbocycles. The Hall–Kier alpha value is -0.740. The molecule has 114 valence electrons. The van der Waals surface area contributed by atoms with Crippen molar-refractivity contribution < 1.29 is 14.6 Å². The van der Waals surface area contributed by atoms with Gasteiger partial charge in [-0.1, -0.05) is 6.42 Å². The van der Waals surface area contributed by atoms with Crippen molar-refractivity contribution in [3.05, 3.63) is 22.2 Å². The third kappa shape index (κ3) is 2.57. The molecule has 3 aliphatic rings. The standard InChI is InChI=1S/C17H21BrO3/c18-14-7-13(9-16-17(14)21-4-3-20-16)15(19)8-12-6-10-1-2-11(12)5-10/h7,9-12,15,19H,1-6,8H2. The van der Waals surface area contributed by atoms with Crippen molar-refractivity contribution in [1.82, 2.24) is 0 Å². The molecule has 2 bridgehead atoms. The van der Waals surface area contributed by atoms with Crippen molar-refractivity contribution in [2.45, 2.75) is 38.2 Å². The zero-order valence-electron chi connectivity index (χ0n) is 12.1. The van der Waals surface area contributed by atoms with E-state index in [9.17, 15) is 5.11 Å². The van der Waals surface area contributed by atoms with Crippen molar-refractivity contribution in [3.8, 4) is 11.5 Å². The lowest BCUT2D eigenvalue weighted by Gasteiger charge is -2.26. The van der Waals surface area contributed by atoms with Gasteiger partial charge in [0.15, 0.2) is 11.5 Å². The molecule has 1 aromatic rings. The van der Waals surface area contributed by atoms with Gasteiger partial charge in [-0.3, -0.25) is 0 Å². The van der Waals surface area contributed by atoms with Crippen LogP contribution < -0.4 is 9.47 Å². The fourth-order valence-corrected chi connectivity index (χ4v) is 4.99. The highest BCUT2D eigenvalue weighted by Gasteiger charge is 2.40. The number of rotatable bonds is 3. The summed E-state index contributed by atoms with van der Waals surface area (Å²) in [6.45, 7) is 1.16. The summed E-state index contributed by atoms with van der Waals surface area (Å²) in [7, 11) is 0. The zero-order valence-corrected chi connectivity index (χ0v) is 13.6. The van der Waals surface area contributed by atoms with Crippen LogP contribution in [0.3, 0.4) is 0 Å². The van der Waals surface area contributed by atoms with E-state index in [4.69, 9.17) is 9.47 Å². The minimum absolute atomic E-state index is 0.401. The molecule has 1 heterocycles. The smallest absolute Gasteiger partial charge is 0.175 e. The van der Waals surface area contributed by atoms with Gasteiger partial charge in [0.2, 0.25) is 0 Å². The van der Waals surface area contributed by atoms with E-state index in [1.165, 1.54) is 25.7 Å². The van der Waals surface area contributed by atoms with Crippen molar-refractivity contribution in [2.75, 3.05) is 13.2 Å². The van der Waals surface area contributed by atoms with Crippen LogP contribution in [0.15, 0.2) is 16.6 Å². The summed E-state index contributed by atoms with van der Waals surface area (Å²) in [5.74, 6) is 3.99. The molecule has 0 amide bonds. The van der Waals surface area contributed by atoms with Crippen LogP contribution in [0.25, 0.3) is 0 Å². The molecule has 0 radical (unpaired) electrons. The molecule has 2 saturated carbocycles. The maximum atomic E-state index is 10.6. The monoisotopic (exact) mass is 352 g/mol. The average Bonchev–Trinajstić information content (AvgIpc) is 3.10. The first kappa shape index (κ1) is 13.9. The first-order chi connectivity index (χ1) is 10.2. The molecule has 4 rings (SSSR count). The van der Waals surface area contributed by atoms with E-state index < -0.39 is 6.10 Å². The molecule has 1 aromatic carbocycles. The summed E-state index contributed by atoms with van der Waals surface area (Å²) >= 11 is 3.53. The molecule has 0 spiro atoms. The Bertz CT molecular complexity index is 545. The number of aliphatic hydroxyl groups is 1. The predicted octanol–water partition coefficient (Wildman–Crippen LogP) is 4.08. The summed E-state index contributed by atoms with van der Waals surface area (Å²) in [5.41, 5.74) is 0.939. The van der Waals surface area contributed by atoms with Crippen LogP contribution in [0.4, 0.5) is 0 Å². The summed E-state index contributed by atoms with van der Waals surface area (Å²) < 4.78 is 12.1. The minimum Gasteiger partial charge on any atom is -0.486 e. The van der Waals surface area contributed by atoms with Crippen molar-refractivity contribution in [3.63, 3.8) is 0 Å². The molecule has 0 saturated heterocycles. The molecule has 1 N–H and O–H groups in total. The molecule has 1 aliphatic heterocycles. The van der Waals surface area contributed by atoms with Gasteiger partial charge in [0.1, 0.15) is 13.2 Å². The molecule has 4 atom stereocenters. The Morgan fingerprint density at radius 1 is 1.19 bits per heavy atom. The Labute approximate surface area is 133 Å². The largest absolute Gasteiger partial charge is 0.486 e. The quantitative estimate of drug-likeness (QED) is 0.890. The van der Waals surface area contributed by atoms with Crippen LogP contribution in [0.2, 0.25) is 0 Å². The molecule has 3 nitrogen and oxygen atoms in total. The van der Waals surface area contributed by atoms with E-state index in [0.717, 1.165) is 39.8 Å². The van der Waals surface area contributed by atoms with E-state index in [0.29, 0.717) is 19.1 Å². The van der Waals surface area contributed by atoms with Gasteiger partial charge in [-0.25, -0.2) is 0 Å². The Kier molecular flexibility index (Phi) is 3.62. The van der Waals surface area contributed by atoms with Gasteiger partial charge >= 0.3 is 0 Å². The summed E-state index contributed by atoms with van der Waals surface area (Å²) in [4.78, 5) is 0. The summed E-state index contributed by atoms with van der Waals surface area (Å²) in [6.07, 6.45) is 5.96. The van der Waals surface area contributed by atoms with E-state index in [1.54, 1.807) is 0 Å². The van der Waals surface area contributed by atoms with Crippen LogP contribution >= 0.6 is 15.9 Å². The predicted molar refractivity (Wildman–Crippen MR) is 83.6 cm³/mol. The fraction of sp³-hybridized carbons (Fsp3) is 0.647. The minimum atomic E-state index is -0.401. The first-order valence-electron chi connectivity index (χ1n) is 7.98. The lowest BCUT2D eigenvalue weighted by Crippen LogP contribution is -2.17. The number of aliphatic hydroxyl groups excluding tert-OH is 1. The molecule has 4 heteroatoms. The maximum Gasteiger partial charge on any atom is 0.175 e. The Morgan fingerprint density at radius 3 is 2.81 bits per heavy atom. The van der Waals surface area contributed by atoms with Gasteiger partial charge in [-0.15, -0.1) is 0 Å². The zero-order chi connectivity index (χ0) is 14.4. The fourth-order valence-electron chi connectivity index (χ4n) is 4.41. The molecule has 2 fully saturated rings. The lowest BCUT2D eigenvalue weighted by molar-refractivity contribution is 0.124. The number of fused-ring (bicyclic) bond motifs is 3. The summed E-state index contributed by atoms with van der Waals surface area (Å²) in [6, 6.07) is 3.92. The topological polar surface area (TPSA) is 38.7 Å². The molecule has 0 aromatic heterocycles. The van der Waals surface area contributed by atoms with E-state index in [-0.39, 0.29) is 0 Å². The number of benzene rings is 1. The number of ether oxygens (including phenoxy) is 2. The van der Waals surface area contributed by atoms with Crippen molar-refractivity contribution >= 4 is 15.9 Å². The van der Waals surface area contributed by atoms with Gasteiger partial charge < -0.3 is 14.6 Å². The second-order valence-electron chi connectivity index (χ2n) is 6.71. The summed E-state index contributed by atoms with van der Waals surface area (Å²) in [5, 5.41) is 10.6. The van der Waals surface area contributed by atoms with Gasteiger partial charge in [0, 0.05) is 0 Å². The van der Waals surface area contributed by atoms with E-state index in [2.05, 4.69) is 15.9 Å². The molecular weight excluding hydrogens is 332 g/mol. The highest BCUT2D eigenvalue weighted by atomic mass is 79.9. The third-order valence-electron chi connectivity index (χ3n) is 5.41. The second-order valence-corrected chi connectivity index (χ2v) is 7.57. The van der Waals surface area contributed by atoms with Crippen molar-refractivity contribution in [2.24, 2.45) is 17.8 Å². The van der Waals surface area contributed by atoms with Crippen molar-refractivity contribution in [1.29, 1.82) is 0 Å². The van der Waals surface area contributed by atoms with Crippen LogP contribution in [0, 0.1) is 17.8 Å². The van der Waals surface area contributed by atoms with Crippen LogP contribution in [0.1, 0.15) is 43.8 Å². The van der Waals surface area contributed by atoms with Gasteiger partial charge in [0.05, 0.1) is 10.6 Å². The third-order valence-corrected chi connectivity index (χ3v) is 6.00. The number of halogens is 1. The molecular formula is C17H21BrO3.